The Kier molecular flexibility index (Phi) is 8.19. The number of benzene rings is 2. The molecule has 26 heavy (non-hydrogen) atoms. The molecule has 0 saturated heterocycles. The molecule has 2 rings (SSSR count). The molecule has 2 aromatic rings. The molecular weight excluding hydrogens is 379 g/mol. The van der Waals surface area contributed by atoms with Gasteiger partial charge in [-0.3, -0.25) is 4.79 Å². The van der Waals surface area contributed by atoms with Gasteiger partial charge in [0, 0.05) is 11.1 Å². The van der Waals surface area contributed by atoms with Crippen molar-refractivity contribution >= 4 is 29.0 Å². The molecule has 0 aliphatic carbocycles. The summed E-state index contributed by atoms with van der Waals surface area (Å²) in [6.07, 6.45) is -1.46. The molecule has 0 aliphatic heterocycles. The van der Waals surface area contributed by atoms with Gasteiger partial charge in [0.1, 0.15) is 36.9 Å². The Bertz CT molecular complexity index is 629. The lowest BCUT2D eigenvalue weighted by Gasteiger charge is -2.11. The summed E-state index contributed by atoms with van der Waals surface area (Å²) >= 11 is 11.0. The monoisotopic (exact) mass is 398 g/mol. The van der Waals surface area contributed by atoms with Crippen molar-refractivity contribution in [2.75, 3.05) is 25.0 Å². The molecule has 0 aromatic heterocycles. The molecule has 0 spiro atoms. The molecule has 2 N–H and O–H groups in total. The summed E-state index contributed by atoms with van der Waals surface area (Å²) in [7, 11) is 0. The summed E-state index contributed by atoms with van der Waals surface area (Å²) in [5.74, 6) is 1.16. The van der Waals surface area contributed by atoms with Gasteiger partial charge in [-0.1, -0.05) is 0 Å². The quantitative estimate of drug-likeness (QED) is 0.475. The number of ketones is 1. The molecule has 2 atom stereocenters. The number of alkyl halides is 2. The van der Waals surface area contributed by atoms with Crippen LogP contribution in [0.3, 0.4) is 0 Å². The number of carbonyl (C=O) groups excluding carboxylic acids is 1. The SMILES string of the molecule is O=C(c1ccc(OCC(O)CCl)cc1)c1ccc(OC[C@H](O)CCl)cc1. The lowest BCUT2D eigenvalue weighted by molar-refractivity contribution is 0.103. The molecule has 5 nitrogen and oxygen atoms in total. The minimum atomic E-state index is -0.732. The fourth-order valence-corrected chi connectivity index (χ4v) is 2.22. The first-order valence-electron chi connectivity index (χ1n) is 8.02. The summed E-state index contributed by atoms with van der Waals surface area (Å²) in [6, 6.07) is 13.3. The van der Waals surface area contributed by atoms with E-state index < -0.39 is 12.2 Å². The highest BCUT2D eigenvalue weighted by atomic mass is 35.5. The number of hydrogen-bond acceptors (Lipinski definition) is 5. The zero-order valence-corrected chi connectivity index (χ0v) is 15.5. The van der Waals surface area contributed by atoms with Gasteiger partial charge in [-0.2, -0.15) is 0 Å². The van der Waals surface area contributed by atoms with E-state index in [1.165, 1.54) is 0 Å². The van der Waals surface area contributed by atoms with Gasteiger partial charge in [-0.15, -0.1) is 23.2 Å². The Balaban J connectivity index is 1.95. The number of aliphatic hydroxyl groups is 2. The van der Waals surface area contributed by atoms with Crippen LogP contribution in [0.1, 0.15) is 15.9 Å². The third-order valence-corrected chi connectivity index (χ3v) is 4.19. The molecular formula is C19H20Cl2O5. The largest absolute Gasteiger partial charge is 0.491 e. The summed E-state index contributed by atoms with van der Waals surface area (Å²) < 4.78 is 10.8. The third kappa shape index (κ3) is 6.18. The van der Waals surface area contributed by atoms with Crippen molar-refractivity contribution in [2.45, 2.75) is 12.2 Å². The van der Waals surface area contributed by atoms with Crippen LogP contribution in [0.5, 0.6) is 11.5 Å². The lowest BCUT2D eigenvalue weighted by Crippen LogP contribution is -2.18. The standard InChI is InChI=1S/C19H20Cl2O5/c20-9-15(22)11-25-17-5-1-13(2-6-17)19(24)14-3-7-18(8-4-14)26-12-16(23)10-21/h1-8,15-16,22-23H,9-12H2/t15-,16?/m1/s1. The van der Waals surface area contributed by atoms with E-state index in [-0.39, 0.29) is 30.8 Å². The summed E-state index contributed by atoms with van der Waals surface area (Å²) in [6.45, 7) is 0.188. The van der Waals surface area contributed by atoms with Crippen molar-refractivity contribution in [3.8, 4) is 11.5 Å². The predicted octanol–water partition coefficient (Wildman–Crippen LogP) is 2.87. The molecule has 0 heterocycles. The van der Waals surface area contributed by atoms with Gasteiger partial charge < -0.3 is 19.7 Å². The highest BCUT2D eigenvalue weighted by Gasteiger charge is 2.10. The second-order valence-electron chi connectivity index (χ2n) is 5.62. The van der Waals surface area contributed by atoms with Crippen LogP contribution < -0.4 is 9.47 Å². The van der Waals surface area contributed by atoms with Crippen LogP contribution in [0.25, 0.3) is 0 Å². The van der Waals surface area contributed by atoms with Crippen molar-refractivity contribution in [3.05, 3.63) is 59.7 Å². The molecule has 0 bridgehead atoms. The second kappa shape index (κ2) is 10.4. The van der Waals surface area contributed by atoms with E-state index in [0.717, 1.165) is 0 Å². The van der Waals surface area contributed by atoms with Crippen LogP contribution in [0.4, 0.5) is 0 Å². The minimum absolute atomic E-state index is 0.0939. The van der Waals surface area contributed by atoms with E-state index in [2.05, 4.69) is 0 Å². The first-order valence-corrected chi connectivity index (χ1v) is 9.09. The van der Waals surface area contributed by atoms with Gasteiger partial charge >= 0.3 is 0 Å². The fourth-order valence-electron chi connectivity index (χ4n) is 2.05. The van der Waals surface area contributed by atoms with E-state index in [1.54, 1.807) is 48.5 Å². The zero-order chi connectivity index (χ0) is 18.9. The average molecular weight is 399 g/mol. The number of aliphatic hydroxyl groups excluding tert-OH is 2. The number of hydrogen-bond donors (Lipinski definition) is 2. The second-order valence-corrected chi connectivity index (χ2v) is 6.23. The predicted molar refractivity (Wildman–Crippen MR) is 101 cm³/mol. The number of rotatable bonds is 10. The van der Waals surface area contributed by atoms with E-state index >= 15 is 0 Å². The molecule has 140 valence electrons. The maximum atomic E-state index is 12.5. The molecule has 0 radical (unpaired) electrons. The zero-order valence-electron chi connectivity index (χ0n) is 14.0. The maximum Gasteiger partial charge on any atom is 0.193 e. The van der Waals surface area contributed by atoms with Gasteiger partial charge in [-0.05, 0) is 48.5 Å². The summed E-state index contributed by atoms with van der Waals surface area (Å²) in [5.41, 5.74) is 1.03. The van der Waals surface area contributed by atoms with Crippen LogP contribution in [0.2, 0.25) is 0 Å². The smallest absolute Gasteiger partial charge is 0.193 e. The Labute approximate surface area is 162 Å². The van der Waals surface area contributed by atoms with Crippen LogP contribution >= 0.6 is 23.2 Å². The molecule has 7 heteroatoms. The molecule has 0 amide bonds. The van der Waals surface area contributed by atoms with Crippen molar-refractivity contribution < 1.29 is 24.5 Å². The van der Waals surface area contributed by atoms with Crippen molar-refractivity contribution in [1.82, 2.24) is 0 Å². The lowest BCUT2D eigenvalue weighted by atomic mass is 10.0. The maximum absolute atomic E-state index is 12.5. The Morgan fingerprint density at radius 2 is 1.12 bits per heavy atom. The minimum Gasteiger partial charge on any atom is -0.491 e. The van der Waals surface area contributed by atoms with E-state index in [1.807, 2.05) is 0 Å². The Morgan fingerprint density at radius 1 is 0.769 bits per heavy atom. The van der Waals surface area contributed by atoms with Crippen LogP contribution in [0, 0.1) is 0 Å². The van der Waals surface area contributed by atoms with Gasteiger partial charge in [-0.25, -0.2) is 0 Å². The van der Waals surface area contributed by atoms with Crippen LogP contribution in [-0.2, 0) is 0 Å². The van der Waals surface area contributed by atoms with Crippen LogP contribution in [0.15, 0.2) is 48.5 Å². The summed E-state index contributed by atoms with van der Waals surface area (Å²) in [5, 5.41) is 18.7. The molecule has 2 aromatic carbocycles. The Hall–Kier alpha value is -1.79. The fraction of sp³-hybridized carbons (Fsp3) is 0.316. The first-order chi connectivity index (χ1) is 12.5. The number of ether oxygens (including phenoxy) is 2. The molecule has 0 saturated carbocycles. The number of halogens is 2. The van der Waals surface area contributed by atoms with Gasteiger partial charge in [0.25, 0.3) is 0 Å². The van der Waals surface area contributed by atoms with E-state index in [4.69, 9.17) is 32.7 Å². The highest BCUT2D eigenvalue weighted by molar-refractivity contribution is 6.18. The van der Waals surface area contributed by atoms with Gasteiger partial charge in [0.15, 0.2) is 5.78 Å². The Morgan fingerprint density at radius 3 is 1.42 bits per heavy atom. The molecule has 0 aliphatic rings. The first kappa shape index (κ1) is 20.5. The number of carbonyl (C=O) groups is 1. The van der Waals surface area contributed by atoms with Gasteiger partial charge in [0.2, 0.25) is 0 Å². The highest BCUT2D eigenvalue weighted by Crippen LogP contribution is 2.18. The normalized spacial score (nSPS) is 13.1. The summed E-state index contributed by atoms with van der Waals surface area (Å²) in [4.78, 5) is 12.5. The van der Waals surface area contributed by atoms with Crippen molar-refractivity contribution in [3.63, 3.8) is 0 Å². The van der Waals surface area contributed by atoms with E-state index in [9.17, 15) is 15.0 Å². The van der Waals surface area contributed by atoms with Gasteiger partial charge in [0.05, 0.1) is 11.8 Å². The average Bonchev–Trinajstić information content (AvgIpc) is 2.70. The molecule has 0 fully saturated rings. The topological polar surface area (TPSA) is 76.0 Å². The van der Waals surface area contributed by atoms with E-state index in [0.29, 0.717) is 22.6 Å². The van der Waals surface area contributed by atoms with Crippen molar-refractivity contribution in [1.29, 1.82) is 0 Å². The van der Waals surface area contributed by atoms with Crippen LogP contribution in [-0.4, -0.2) is 53.2 Å². The molecule has 1 unspecified atom stereocenters. The third-order valence-electron chi connectivity index (χ3n) is 3.47. The van der Waals surface area contributed by atoms with Crippen molar-refractivity contribution in [2.24, 2.45) is 0 Å².